The summed E-state index contributed by atoms with van der Waals surface area (Å²) < 4.78 is 13.2. The normalized spacial score (nSPS) is 13.3. The smallest absolute Gasteiger partial charge is 0.178 e. The Kier molecular flexibility index (Phi) is 6.86. The first kappa shape index (κ1) is 31.5. The summed E-state index contributed by atoms with van der Waals surface area (Å²) >= 11 is 0. The van der Waals surface area contributed by atoms with Gasteiger partial charge in [0.1, 0.15) is 0 Å². The number of ether oxygens (including phenoxy) is 2. The Morgan fingerprint density at radius 1 is 0.418 bits per heavy atom. The highest BCUT2D eigenvalue weighted by atomic mass is 16.6. The van der Waals surface area contributed by atoms with Gasteiger partial charge in [-0.05, 0) is 79.7 Å². The Balaban J connectivity index is 0.932. The molecule has 0 fully saturated rings. The van der Waals surface area contributed by atoms with E-state index in [9.17, 15) is 0 Å². The van der Waals surface area contributed by atoms with Gasteiger partial charge in [0.05, 0.1) is 11.4 Å². The predicted octanol–water partition coefficient (Wildman–Crippen LogP) is 13.7. The molecule has 0 radical (unpaired) electrons. The van der Waals surface area contributed by atoms with E-state index in [0.29, 0.717) is 17.3 Å². The van der Waals surface area contributed by atoms with Crippen LogP contribution in [0.15, 0.2) is 170 Å². The zero-order valence-corrected chi connectivity index (χ0v) is 30.4. The molecule has 0 atom stereocenters. The Hall–Kier alpha value is -7.04. The van der Waals surface area contributed by atoms with Crippen molar-refractivity contribution in [2.45, 2.75) is 19.3 Å². The van der Waals surface area contributed by atoms with Crippen LogP contribution in [0.25, 0.3) is 77.7 Å². The van der Waals surface area contributed by atoms with Crippen LogP contribution in [0.4, 0.5) is 0 Å². The number of hydrogen-bond donors (Lipinski definition) is 0. The lowest BCUT2D eigenvalue weighted by molar-refractivity contribution is 0.360. The summed E-state index contributed by atoms with van der Waals surface area (Å²) in [5, 5.41) is 4.86. The highest BCUT2D eigenvalue weighted by Crippen LogP contribution is 2.58. The third kappa shape index (κ3) is 5.06. The monoisotopic (exact) mass is 706 g/mol. The molecule has 8 aromatic carbocycles. The van der Waals surface area contributed by atoms with Crippen molar-refractivity contribution in [3.05, 3.63) is 181 Å². The van der Waals surface area contributed by atoms with E-state index in [1.165, 1.54) is 32.8 Å². The molecule has 2 aliphatic rings. The fraction of sp³-hybridized carbons (Fsp3) is 0.0588. The molecule has 260 valence electrons. The number of aromatic nitrogens is 2. The van der Waals surface area contributed by atoms with Crippen molar-refractivity contribution < 1.29 is 9.47 Å². The maximum Gasteiger partial charge on any atom is 0.178 e. The van der Waals surface area contributed by atoms with Crippen LogP contribution in [0.5, 0.6) is 23.0 Å². The lowest BCUT2D eigenvalue weighted by Crippen LogP contribution is -2.15. The summed E-state index contributed by atoms with van der Waals surface area (Å²) in [4.78, 5) is 10.2. The first-order valence-corrected chi connectivity index (χ1v) is 18.7. The lowest BCUT2D eigenvalue weighted by atomic mass is 9.82. The molecule has 0 saturated carbocycles. The minimum atomic E-state index is -0.108. The first-order chi connectivity index (χ1) is 27.0. The van der Waals surface area contributed by atoms with Crippen LogP contribution in [0.1, 0.15) is 25.0 Å². The second-order valence-corrected chi connectivity index (χ2v) is 15.0. The van der Waals surface area contributed by atoms with Crippen molar-refractivity contribution in [2.24, 2.45) is 0 Å². The van der Waals surface area contributed by atoms with Gasteiger partial charge in [-0.2, -0.15) is 0 Å². The molecule has 1 aliphatic heterocycles. The molecule has 9 aromatic rings. The van der Waals surface area contributed by atoms with Crippen molar-refractivity contribution >= 4 is 21.5 Å². The summed E-state index contributed by atoms with van der Waals surface area (Å²) in [6, 6.07) is 59.4. The van der Waals surface area contributed by atoms with E-state index in [1.807, 2.05) is 30.3 Å². The van der Waals surface area contributed by atoms with Gasteiger partial charge in [0.15, 0.2) is 28.8 Å². The average molecular weight is 707 g/mol. The molecule has 1 aromatic heterocycles. The van der Waals surface area contributed by atoms with E-state index in [-0.39, 0.29) is 5.41 Å². The third-order valence-electron chi connectivity index (χ3n) is 11.4. The van der Waals surface area contributed by atoms with E-state index < -0.39 is 0 Å². The first-order valence-electron chi connectivity index (χ1n) is 18.7. The fourth-order valence-electron chi connectivity index (χ4n) is 8.47. The highest BCUT2D eigenvalue weighted by Gasteiger charge is 2.39. The van der Waals surface area contributed by atoms with Gasteiger partial charge < -0.3 is 9.47 Å². The van der Waals surface area contributed by atoms with Crippen LogP contribution in [0, 0.1) is 0 Å². The SMILES string of the molecule is CC1(C)c2ccccc2-c2c1ccc1c2Oc2ccc(-c3ccc(-c4cc(-c5ccccc5)nc(-c5ccc6c(ccc7ccccc76)c5)n4)cc3)cc2O1. The van der Waals surface area contributed by atoms with Crippen LogP contribution >= 0.6 is 0 Å². The zero-order valence-electron chi connectivity index (χ0n) is 30.4. The maximum absolute atomic E-state index is 6.64. The maximum atomic E-state index is 6.64. The van der Waals surface area contributed by atoms with Crippen molar-refractivity contribution in [3.8, 4) is 79.2 Å². The third-order valence-corrected chi connectivity index (χ3v) is 11.4. The minimum absolute atomic E-state index is 0.108. The molecule has 0 N–H and O–H groups in total. The summed E-state index contributed by atoms with van der Waals surface area (Å²) in [5.41, 5.74) is 11.7. The topological polar surface area (TPSA) is 44.2 Å². The lowest BCUT2D eigenvalue weighted by Gasteiger charge is -2.25. The zero-order chi connectivity index (χ0) is 36.7. The minimum Gasteiger partial charge on any atom is -0.449 e. The van der Waals surface area contributed by atoms with Crippen molar-refractivity contribution in [1.29, 1.82) is 0 Å². The second-order valence-electron chi connectivity index (χ2n) is 15.0. The van der Waals surface area contributed by atoms with Gasteiger partial charge in [0, 0.05) is 27.7 Å². The number of benzene rings is 8. The van der Waals surface area contributed by atoms with E-state index in [4.69, 9.17) is 19.4 Å². The Bertz CT molecular complexity index is 3000. The van der Waals surface area contributed by atoms with Crippen LogP contribution < -0.4 is 9.47 Å². The van der Waals surface area contributed by atoms with E-state index in [1.54, 1.807) is 0 Å². The van der Waals surface area contributed by atoms with Gasteiger partial charge in [-0.3, -0.25) is 0 Å². The van der Waals surface area contributed by atoms with Crippen molar-refractivity contribution in [2.75, 3.05) is 0 Å². The molecule has 1 aliphatic carbocycles. The van der Waals surface area contributed by atoms with E-state index >= 15 is 0 Å². The Labute approximate surface area is 319 Å². The number of hydrogen-bond acceptors (Lipinski definition) is 4. The van der Waals surface area contributed by atoms with E-state index in [2.05, 4.69) is 153 Å². The van der Waals surface area contributed by atoms with Crippen LogP contribution in [-0.4, -0.2) is 9.97 Å². The van der Waals surface area contributed by atoms with Crippen molar-refractivity contribution in [3.63, 3.8) is 0 Å². The Morgan fingerprint density at radius 3 is 1.93 bits per heavy atom. The summed E-state index contributed by atoms with van der Waals surface area (Å²) in [6.07, 6.45) is 0. The predicted molar refractivity (Wildman–Crippen MR) is 223 cm³/mol. The average Bonchev–Trinajstić information content (AvgIpc) is 3.48. The van der Waals surface area contributed by atoms with Gasteiger partial charge in [-0.1, -0.05) is 153 Å². The number of nitrogens with zero attached hydrogens (tertiary/aromatic N) is 2. The summed E-state index contributed by atoms with van der Waals surface area (Å²) in [7, 11) is 0. The largest absolute Gasteiger partial charge is 0.449 e. The molecular weight excluding hydrogens is 673 g/mol. The molecule has 0 unspecified atom stereocenters. The Morgan fingerprint density at radius 2 is 1.07 bits per heavy atom. The standard InChI is InChI=1S/C51H34N2O2/c1-51(2)41-15-9-8-14-40(41)48-42(51)25-27-46-49(48)55-45-26-23-35(29-47(45)54-46)31-16-19-34(20-17-31)44-30-43(33-11-4-3-5-12-33)52-50(53-44)37-22-24-39-36(28-37)21-18-32-10-6-7-13-38(32)39/h3-30H,1-2H3. The molecule has 0 amide bonds. The molecule has 0 spiro atoms. The molecule has 0 bridgehead atoms. The molecule has 4 heteroatoms. The molecule has 2 heterocycles. The summed E-state index contributed by atoms with van der Waals surface area (Å²) in [6.45, 7) is 4.55. The van der Waals surface area contributed by atoms with Crippen LogP contribution in [0.2, 0.25) is 0 Å². The van der Waals surface area contributed by atoms with Gasteiger partial charge in [-0.25, -0.2) is 9.97 Å². The number of rotatable bonds is 4. The van der Waals surface area contributed by atoms with Gasteiger partial charge in [-0.15, -0.1) is 0 Å². The van der Waals surface area contributed by atoms with Crippen LogP contribution in [-0.2, 0) is 5.41 Å². The molecule has 0 saturated heterocycles. The van der Waals surface area contributed by atoms with E-state index in [0.717, 1.165) is 61.7 Å². The highest BCUT2D eigenvalue weighted by molar-refractivity contribution is 6.08. The van der Waals surface area contributed by atoms with Crippen LogP contribution in [0.3, 0.4) is 0 Å². The fourth-order valence-corrected chi connectivity index (χ4v) is 8.47. The van der Waals surface area contributed by atoms with Gasteiger partial charge in [0.25, 0.3) is 0 Å². The number of fused-ring (bicyclic) bond motifs is 9. The second kappa shape index (κ2) is 12.0. The van der Waals surface area contributed by atoms with Gasteiger partial charge in [0.2, 0.25) is 0 Å². The van der Waals surface area contributed by atoms with Crippen molar-refractivity contribution in [1.82, 2.24) is 9.97 Å². The molecule has 11 rings (SSSR count). The molecular formula is C51H34N2O2. The molecule has 4 nitrogen and oxygen atoms in total. The van der Waals surface area contributed by atoms with Gasteiger partial charge >= 0.3 is 0 Å². The molecule has 55 heavy (non-hydrogen) atoms. The quantitative estimate of drug-likeness (QED) is 0.171. The summed E-state index contributed by atoms with van der Waals surface area (Å²) in [5.74, 6) is 3.64.